The van der Waals surface area contributed by atoms with Crippen LogP contribution in [-0.2, 0) is 20.2 Å². The lowest BCUT2D eigenvalue weighted by Gasteiger charge is -2.18. The van der Waals surface area contributed by atoms with Gasteiger partial charge in [0, 0.05) is 18.0 Å². The minimum absolute atomic E-state index is 0.0183. The van der Waals surface area contributed by atoms with Crippen molar-refractivity contribution in [2.45, 2.75) is 43.2 Å². The number of aliphatic carboxylic acids is 1. The summed E-state index contributed by atoms with van der Waals surface area (Å²) in [5, 5.41) is 9.67. The lowest BCUT2D eigenvalue weighted by atomic mass is 9.86. The fraction of sp³-hybridized carbons (Fsp3) is 0.381. The molecule has 2 aromatic rings. The zero-order chi connectivity index (χ0) is 20.5. The second-order valence-corrected chi connectivity index (χ2v) is 11.2. The molecule has 0 saturated carbocycles. The van der Waals surface area contributed by atoms with Crippen molar-refractivity contribution in [2.24, 2.45) is 0 Å². The first-order valence-corrected chi connectivity index (χ1v) is 11.5. The highest BCUT2D eigenvalue weighted by Gasteiger charge is 2.29. The topological polar surface area (TPSA) is 74.7 Å². The Kier molecular flexibility index (Phi) is 5.79. The molecule has 0 bridgehead atoms. The fourth-order valence-corrected chi connectivity index (χ4v) is 6.13. The van der Waals surface area contributed by atoms with Crippen molar-refractivity contribution in [2.75, 3.05) is 13.1 Å². The highest BCUT2D eigenvalue weighted by molar-refractivity contribution is 7.91. The van der Waals surface area contributed by atoms with Gasteiger partial charge < -0.3 is 5.11 Å². The Balaban J connectivity index is 1.92. The van der Waals surface area contributed by atoms with Crippen LogP contribution in [0.3, 0.4) is 0 Å². The van der Waals surface area contributed by atoms with Gasteiger partial charge in [0.1, 0.15) is 4.21 Å². The number of nitrogens with zero attached hydrogens (tertiary/aromatic N) is 1. The van der Waals surface area contributed by atoms with E-state index in [-0.39, 0.29) is 15.2 Å². The van der Waals surface area contributed by atoms with Crippen LogP contribution >= 0.6 is 11.3 Å². The summed E-state index contributed by atoms with van der Waals surface area (Å²) in [7, 11) is -3.54. The van der Waals surface area contributed by atoms with E-state index in [0.29, 0.717) is 18.0 Å². The summed E-state index contributed by atoms with van der Waals surface area (Å²) in [6.45, 7) is 7.41. The standard InChI is InChI=1S/C21H25NO4S2/c1-21(2,3)16-8-6-15(7-9-16)14-17(20(23)24)18-10-11-19(27-18)28(25,26)22-12-4-5-13-22/h6-11,14H,4-5,12-13H2,1-3H3,(H,23,24)/b17-14-. The largest absolute Gasteiger partial charge is 0.478 e. The molecule has 0 unspecified atom stereocenters. The van der Waals surface area contributed by atoms with E-state index in [2.05, 4.69) is 20.8 Å². The highest BCUT2D eigenvalue weighted by atomic mass is 32.2. The molecule has 0 aliphatic carbocycles. The first-order chi connectivity index (χ1) is 13.1. The van der Waals surface area contributed by atoms with E-state index in [0.717, 1.165) is 35.3 Å². The molecule has 28 heavy (non-hydrogen) atoms. The zero-order valence-corrected chi connectivity index (χ0v) is 17.9. The zero-order valence-electron chi connectivity index (χ0n) is 16.3. The molecule has 2 heterocycles. The molecule has 0 atom stereocenters. The van der Waals surface area contributed by atoms with E-state index in [1.807, 2.05) is 24.3 Å². The van der Waals surface area contributed by atoms with Crippen molar-refractivity contribution in [1.29, 1.82) is 0 Å². The molecule has 1 saturated heterocycles. The van der Waals surface area contributed by atoms with E-state index in [1.165, 1.54) is 10.4 Å². The van der Waals surface area contributed by atoms with Crippen molar-refractivity contribution in [3.63, 3.8) is 0 Å². The molecule has 5 nitrogen and oxygen atoms in total. The molecule has 1 fully saturated rings. The Hall–Kier alpha value is -1.96. The van der Waals surface area contributed by atoms with Crippen LogP contribution in [0.4, 0.5) is 0 Å². The molecule has 0 radical (unpaired) electrons. The van der Waals surface area contributed by atoms with E-state index >= 15 is 0 Å². The number of carboxylic acids is 1. The van der Waals surface area contributed by atoms with Gasteiger partial charge in [-0.1, -0.05) is 45.0 Å². The average Bonchev–Trinajstić information content (AvgIpc) is 3.31. The molecule has 3 rings (SSSR count). The highest BCUT2D eigenvalue weighted by Crippen LogP contribution is 2.32. The SMILES string of the molecule is CC(C)(C)c1ccc(/C=C(\C(=O)O)c2ccc(S(=O)(=O)N3CCCC3)s2)cc1. The third-order valence-electron chi connectivity index (χ3n) is 4.82. The maximum atomic E-state index is 12.7. The van der Waals surface area contributed by atoms with Crippen molar-refractivity contribution in [1.82, 2.24) is 4.31 Å². The summed E-state index contributed by atoms with van der Waals surface area (Å²) in [5.41, 5.74) is 2.04. The van der Waals surface area contributed by atoms with Crippen molar-refractivity contribution in [3.8, 4) is 0 Å². The fourth-order valence-electron chi connectivity index (χ4n) is 3.14. The van der Waals surface area contributed by atoms with Crippen LogP contribution in [0.2, 0.25) is 0 Å². The molecule has 1 aromatic heterocycles. The summed E-state index contributed by atoms with van der Waals surface area (Å²) < 4.78 is 27.1. The molecule has 0 spiro atoms. The molecular formula is C21H25NO4S2. The number of sulfonamides is 1. The maximum Gasteiger partial charge on any atom is 0.337 e. The van der Waals surface area contributed by atoms with Gasteiger partial charge in [0.25, 0.3) is 10.0 Å². The van der Waals surface area contributed by atoms with Gasteiger partial charge in [0.05, 0.1) is 5.57 Å². The molecular weight excluding hydrogens is 394 g/mol. The van der Waals surface area contributed by atoms with Gasteiger partial charge in [-0.3, -0.25) is 0 Å². The number of hydrogen-bond donors (Lipinski definition) is 1. The van der Waals surface area contributed by atoms with Crippen LogP contribution < -0.4 is 0 Å². The smallest absolute Gasteiger partial charge is 0.337 e. The molecule has 1 aromatic carbocycles. The van der Waals surface area contributed by atoms with Crippen LogP contribution in [0.5, 0.6) is 0 Å². The predicted octanol–water partition coefficient (Wildman–Crippen LogP) is 4.46. The number of carboxylic acid groups (broad SMARTS) is 1. The average molecular weight is 420 g/mol. The summed E-state index contributed by atoms with van der Waals surface area (Å²) in [5.74, 6) is -1.08. The summed E-state index contributed by atoms with van der Waals surface area (Å²) >= 11 is 1.01. The van der Waals surface area contributed by atoms with Crippen LogP contribution in [0.1, 0.15) is 49.6 Å². The summed E-state index contributed by atoms with van der Waals surface area (Å²) in [6, 6.07) is 10.8. The number of benzene rings is 1. The number of carbonyl (C=O) groups is 1. The van der Waals surface area contributed by atoms with Gasteiger partial charge in [0.2, 0.25) is 0 Å². The van der Waals surface area contributed by atoms with E-state index in [4.69, 9.17) is 0 Å². The van der Waals surface area contributed by atoms with E-state index in [1.54, 1.807) is 12.1 Å². The van der Waals surface area contributed by atoms with Gasteiger partial charge in [0.15, 0.2) is 0 Å². The third-order valence-corrected chi connectivity index (χ3v) is 8.31. The second-order valence-electron chi connectivity index (χ2n) is 7.97. The molecule has 7 heteroatoms. The van der Waals surface area contributed by atoms with Gasteiger partial charge in [-0.25, -0.2) is 13.2 Å². The van der Waals surface area contributed by atoms with Gasteiger partial charge >= 0.3 is 5.97 Å². The molecule has 0 amide bonds. The molecule has 1 aliphatic rings. The quantitative estimate of drug-likeness (QED) is 0.727. The first kappa shape index (κ1) is 20.8. The monoisotopic (exact) mass is 419 g/mol. The minimum atomic E-state index is -3.54. The first-order valence-electron chi connectivity index (χ1n) is 9.25. The Labute approximate surface area is 170 Å². The second kappa shape index (κ2) is 7.81. The normalized spacial score (nSPS) is 16.5. The summed E-state index contributed by atoms with van der Waals surface area (Å²) in [6.07, 6.45) is 3.32. The number of hydrogen-bond acceptors (Lipinski definition) is 4. The molecule has 1 N–H and O–H groups in total. The Morgan fingerprint density at radius 3 is 2.21 bits per heavy atom. The lowest BCUT2D eigenvalue weighted by Crippen LogP contribution is -2.27. The van der Waals surface area contributed by atoms with Crippen molar-refractivity contribution >= 4 is 39.0 Å². The van der Waals surface area contributed by atoms with Crippen LogP contribution in [0.15, 0.2) is 40.6 Å². The van der Waals surface area contributed by atoms with Crippen molar-refractivity contribution < 1.29 is 18.3 Å². The predicted molar refractivity (Wildman–Crippen MR) is 113 cm³/mol. The van der Waals surface area contributed by atoms with Gasteiger partial charge in [-0.05, 0) is 47.6 Å². The van der Waals surface area contributed by atoms with Crippen LogP contribution in [0, 0.1) is 0 Å². The number of thiophene rings is 1. The van der Waals surface area contributed by atoms with Crippen molar-refractivity contribution in [3.05, 3.63) is 52.4 Å². The van der Waals surface area contributed by atoms with Gasteiger partial charge in [-0.2, -0.15) is 4.31 Å². The third kappa shape index (κ3) is 4.37. The number of rotatable bonds is 5. The Bertz CT molecular complexity index is 990. The molecule has 150 valence electrons. The van der Waals surface area contributed by atoms with E-state index < -0.39 is 16.0 Å². The Morgan fingerprint density at radius 2 is 1.68 bits per heavy atom. The maximum absolute atomic E-state index is 12.7. The van der Waals surface area contributed by atoms with Gasteiger partial charge in [-0.15, -0.1) is 11.3 Å². The lowest BCUT2D eigenvalue weighted by molar-refractivity contribution is -0.130. The van der Waals surface area contributed by atoms with Crippen LogP contribution in [-0.4, -0.2) is 36.9 Å². The van der Waals surface area contributed by atoms with E-state index in [9.17, 15) is 18.3 Å². The minimum Gasteiger partial charge on any atom is -0.478 e. The van der Waals surface area contributed by atoms with Crippen LogP contribution in [0.25, 0.3) is 11.6 Å². The molecule has 1 aliphatic heterocycles. The Morgan fingerprint density at radius 1 is 1.07 bits per heavy atom. The summed E-state index contributed by atoms with van der Waals surface area (Å²) in [4.78, 5) is 12.3.